The third kappa shape index (κ3) is 3.49. The molecule has 0 aliphatic carbocycles. The Bertz CT molecular complexity index is 895. The standard InChI is InChI=1S/C20H23N5O3/c1-21-19(27)15-3-2-4-16(7-15)20(28)25-11-14-5-17(25)12-24(10-14)18(26)6-13-8-22-23-9-13/h2-4,7-9,14,17H,5-6,10-12H2,1H3,(H,21,27)(H,22,23). The van der Waals surface area contributed by atoms with Gasteiger partial charge in [-0.2, -0.15) is 5.10 Å². The van der Waals surface area contributed by atoms with Crippen LogP contribution in [0.15, 0.2) is 36.7 Å². The molecule has 3 heterocycles. The van der Waals surface area contributed by atoms with Gasteiger partial charge in [-0.25, -0.2) is 0 Å². The van der Waals surface area contributed by atoms with Crippen LogP contribution < -0.4 is 5.32 Å². The molecule has 3 amide bonds. The molecule has 2 N–H and O–H groups in total. The maximum absolute atomic E-state index is 13.1. The van der Waals surface area contributed by atoms with Crippen molar-refractivity contribution in [3.63, 3.8) is 0 Å². The first-order valence-corrected chi connectivity index (χ1v) is 9.43. The first-order chi connectivity index (χ1) is 13.5. The minimum Gasteiger partial charge on any atom is -0.355 e. The van der Waals surface area contributed by atoms with Gasteiger partial charge in [-0.15, -0.1) is 0 Å². The van der Waals surface area contributed by atoms with Gasteiger partial charge in [0.05, 0.1) is 18.7 Å². The van der Waals surface area contributed by atoms with Gasteiger partial charge in [0.2, 0.25) is 5.91 Å². The molecule has 2 aromatic rings. The minimum absolute atomic E-state index is 0.0169. The zero-order valence-electron chi connectivity index (χ0n) is 15.7. The number of likely N-dealkylation sites (tertiary alicyclic amines) is 2. The van der Waals surface area contributed by atoms with E-state index in [1.54, 1.807) is 43.7 Å². The van der Waals surface area contributed by atoms with Crippen molar-refractivity contribution in [2.24, 2.45) is 5.92 Å². The number of aromatic nitrogens is 2. The number of aromatic amines is 1. The lowest BCUT2D eigenvalue weighted by atomic mass is 9.99. The van der Waals surface area contributed by atoms with Crippen LogP contribution in [0.2, 0.25) is 0 Å². The summed E-state index contributed by atoms with van der Waals surface area (Å²) in [6.07, 6.45) is 4.62. The van der Waals surface area contributed by atoms with Crippen LogP contribution in [0.5, 0.6) is 0 Å². The first-order valence-electron chi connectivity index (χ1n) is 9.43. The summed E-state index contributed by atoms with van der Waals surface area (Å²) in [4.78, 5) is 41.3. The Morgan fingerprint density at radius 3 is 2.79 bits per heavy atom. The Morgan fingerprint density at radius 2 is 2.04 bits per heavy atom. The molecule has 28 heavy (non-hydrogen) atoms. The van der Waals surface area contributed by atoms with Gasteiger partial charge in [0.15, 0.2) is 0 Å². The molecule has 2 atom stereocenters. The molecule has 4 rings (SSSR count). The fourth-order valence-electron chi connectivity index (χ4n) is 4.18. The highest BCUT2D eigenvalue weighted by Crippen LogP contribution is 2.31. The molecule has 1 aromatic heterocycles. The van der Waals surface area contributed by atoms with Crippen molar-refractivity contribution in [3.05, 3.63) is 53.3 Å². The third-order valence-electron chi connectivity index (χ3n) is 5.53. The second-order valence-corrected chi connectivity index (χ2v) is 7.46. The van der Waals surface area contributed by atoms with Gasteiger partial charge in [-0.05, 0) is 36.1 Å². The van der Waals surface area contributed by atoms with E-state index in [1.165, 1.54) is 0 Å². The highest BCUT2D eigenvalue weighted by atomic mass is 16.2. The lowest BCUT2D eigenvalue weighted by Gasteiger charge is -2.32. The lowest BCUT2D eigenvalue weighted by Crippen LogP contribution is -2.46. The van der Waals surface area contributed by atoms with Crippen molar-refractivity contribution in [1.82, 2.24) is 25.3 Å². The topological polar surface area (TPSA) is 98.4 Å². The van der Waals surface area contributed by atoms with E-state index in [0.717, 1.165) is 12.0 Å². The number of nitrogens with zero attached hydrogens (tertiary/aromatic N) is 3. The van der Waals surface area contributed by atoms with Gasteiger partial charge in [-0.3, -0.25) is 19.5 Å². The number of carbonyl (C=O) groups excluding carboxylic acids is 3. The first kappa shape index (κ1) is 18.2. The van der Waals surface area contributed by atoms with Crippen LogP contribution in [-0.4, -0.2) is 70.4 Å². The molecule has 0 spiro atoms. The van der Waals surface area contributed by atoms with Gasteiger partial charge in [0, 0.05) is 44.0 Å². The molecule has 8 nitrogen and oxygen atoms in total. The maximum Gasteiger partial charge on any atom is 0.254 e. The van der Waals surface area contributed by atoms with E-state index in [4.69, 9.17) is 0 Å². The quantitative estimate of drug-likeness (QED) is 0.814. The summed E-state index contributed by atoms with van der Waals surface area (Å²) in [6, 6.07) is 6.79. The van der Waals surface area contributed by atoms with Gasteiger partial charge in [-0.1, -0.05) is 6.07 Å². The van der Waals surface area contributed by atoms with Crippen molar-refractivity contribution in [3.8, 4) is 0 Å². The Morgan fingerprint density at radius 1 is 1.21 bits per heavy atom. The second kappa shape index (κ2) is 7.46. The SMILES string of the molecule is CNC(=O)c1cccc(C(=O)N2CC3CC2CN(C(=O)Cc2cn[nH]c2)C3)c1. The van der Waals surface area contributed by atoms with Gasteiger partial charge >= 0.3 is 0 Å². The number of fused-ring (bicyclic) bond motifs is 2. The van der Waals surface area contributed by atoms with E-state index in [-0.39, 0.29) is 29.7 Å². The average Bonchev–Trinajstić information content (AvgIpc) is 3.33. The summed E-state index contributed by atoms with van der Waals surface area (Å²) in [5.41, 5.74) is 1.83. The minimum atomic E-state index is -0.217. The number of rotatable bonds is 4. The number of nitrogens with one attached hydrogen (secondary N) is 2. The summed E-state index contributed by atoms with van der Waals surface area (Å²) < 4.78 is 0. The summed E-state index contributed by atoms with van der Waals surface area (Å²) in [5, 5.41) is 9.18. The van der Waals surface area contributed by atoms with E-state index in [0.29, 0.717) is 37.2 Å². The van der Waals surface area contributed by atoms with Crippen molar-refractivity contribution < 1.29 is 14.4 Å². The third-order valence-corrected chi connectivity index (χ3v) is 5.53. The van der Waals surface area contributed by atoms with Crippen molar-refractivity contribution in [2.45, 2.75) is 18.9 Å². The average molecular weight is 381 g/mol. The number of hydrogen-bond donors (Lipinski definition) is 2. The highest BCUT2D eigenvalue weighted by Gasteiger charge is 2.42. The zero-order valence-corrected chi connectivity index (χ0v) is 15.7. The molecule has 146 valence electrons. The molecule has 2 unspecified atom stereocenters. The van der Waals surface area contributed by atoms with Gasteiger partial charge < -0.3 is 15.1 Å². The number of amides is 3. The number of H-pyrrole nitrogens is 1. The summed E-state index contributed by atoms with van der Waals surface area (Å²) >= 11 is 0. The molecule has 0 radical (unpaired) electrons. The normalized spacial score (nSPS) is 20.9. The van der Waals surface area contributed by atoms with Crippen molar-refractivity contribution in [2.75, 3.05) is 26.7 Å². The van der Waals surface area contributed by atoms with Crippen molar-refractivity contribution in [1.29, 1.82) is 0 Å². The fourth-order valence-corrected chi connectivity index (χ4v) is 4.18. The Hall–Kier alpha value is -3.16. The molecular formula is C20H23N5O3. The number of benzene rings is 1. The molecule has 2 aliphatic heterocycles. The van der Waals surface area contributed by atoms with E-state index in [2.05, 4.69) is 15.5 Å². The summed E-state index contributed by atoms with van der Waals surface area (Å²) in [6.45, 7) is 1.87. The van der Waals surface area contributed by atoms with Crippen LogP contribution in [-0.2, 0) is 11.2 Å². The maximum atomic E-state index is 13.1. The fraction of sp³-hybridized carbons (Fsp3) is 0.400. The Balaban J connectivity index is 1.45. The van der Waals surface area contributed by atoms with Crippen LogP contribution in [0.3, 0.4) is 0 Å². The molecule has 1 aromatic carbocycles. The predicted molar refractivity (Wildman–Crippen MR) is 102 cm³/mol. The number of hydrogen-bond acceptors (Lipinski definition) is 4. The van der Waals surface area contributed by atoms with Gasteiger partial charge in [0.1, 0.15) is 0 Å². The van der Waals surface area contributed by atoms with E-state index in [9.17, 15) is 14.4 Å². The molecule has 8 heteroatoms. The van der Waals surface area contributed by atoms with E-state index >= 15 is 0 Å². The van der Waals surface area contributed by atoms with Crippen LogP contribution in [0.1, 0.15) is 32.7 Å². The number of carbonyl (C=O) groups is 3. The van der Waals surface area contributed by atoms with Crippen LogP contribution in [0.25, 0.3) is 0 Å². The van der Waals surface area contributed by atoms with E-state index < -0.39 is 0 Å². The monoisotopic (exact) mass is 381 g/mol. The summed E-state index contributed by atoms with van der Waals surface area (Å²) in [7, 11) is 1.57. The zero-order chi connectivity index (χ0) is 19.7. The highest BCUT2D eigenvalue weighted by molar-refractivity contribution is 5.99. The Labute approximate surface area is 162 Å². The molecule has 0 saturated carbocycles. The number of piperidine rings is 1. The van der Waals surface area contributed by atoms with Crippen LogP contribution >= 0.6 is 0 Å². The van der Waals surface area contributed by atoms with E-state index in [1.807, 2.05) is 9.80 Å². The molecule has 2 saturated heterocycles. The second-order valence-electron chi connectivity index (χ2n) is 7.46. The molecule has 2 fully saturated rings. The largest absolute Gasteiger partial charge is 0.355 e. The van der Waals surface area contributed by atoms with Crippen molar-refractivity contribution >= 4 is 17.7 Å². The molecule has 2 aliphatic rings. The summed E-state index contributed by atoms with van der Waals surface area (Å²) in [5.74, 6) is 0.0540. The van der Waals surface area contributed by atoms with Gasteiger partial charge in [0.25, 0.3) is 11.8 Å². The van der Waals surface area contributed by atoms with Crippen LogP contribution in [0, 0.1) is 5.92 Å². The predicted octanol–water partition coefficient (Wildman–Crippen LogP) is 0.685. The molecule has 2 bridgehead atoms. The smallest absolute Gasteiger partial charge is 0.254 e. The Kier molecular flexibility index (Phi) is 4.85. The molecular weight excluding hydrogens is 358 g/mol. The van der Waals surface area contributed by atoms with Crippen LogP contribution in [0.4, 0.5) is 0 Å². The lowest BCUT2D eigenvalue weighted by molar-refractivity contribution is -0.132.